The Morgan fingerprint density at radius 3 is 2.52 bits per heavy atom. The average molecular weight is 317 g/mol. The lowest BCUT2D eigenvalue weighted by Crippen LogP contribution is -2.37. The predicted molar refractivity (Wildman–Crippen MR) is 82.1 cm³/mol. The summed E-state index contributed by atoms with van der Waals surface area (Å²) < 4.78 is 15.8. The zero-order chi connectivity index (χ0) is 15.7. The maximum atomic E-state index is 11.9. The largest absolute Gasteiger partial charge is 0.495 e. The quantitative estimate of drug-likeness (QED) is 0.724. The number of anilines is 1. The summed E-state index contributed by atoms with van der Waals surface area (Å²) in [5.41, 5.74) is 0.492. The highest BCUT2D eigenvalue weighted by Gasteiger charge is 2.12. The number of carbonyl (C=O) groups excluding carboxylic acids is 1. The SMILES string of the molecule is CCOC(CNC(=O)Nc1cc(Cl)ccc1OC)OCC. The van der Waals surface area contributed by atoms with Gasteiger partial charge in [0, 0.05) is 18.2 Å². The van der Waals surface area contributed by atoms with Gasteiger partial charge in [0.15, 0.2) is 6.29 Å². The van der Waals surface area contributed by atoms with Crippen molar-refractivity contribution in [3.8, 4) is 5.75 Å². The van der Waals surface area contributed by atoms with Gasteiger partial charge in [-0.2, -0.15) is 0 Å². The van der Waals surface area contributed by atoms with Crippen LogP contribution in [0.4, 0.5) is 10.5 Å². The smallest absolute Gasteiger partial charge is 0.319 e. The van der Waals surface area contributed by atoms with Crippen molar-refractivity contribution in [1.29, 1.82) is 0 Å². The van der Waals surface area contributed by atoms with E-state index in [0.29, 0.717) is 29.7 Å². The molecule has 0 bridgehead atoms. The van der Waals surface area contributed by atoms with Crippen LogP contribution in [0.3, 0.4) is 0 Å². The van der Waals surface area contributed by atoms with Crippen LogP contribution < -0.4 is 15.4 Å². The van der Waals surface area contributed by atoms with Gasteiger partial charge in [-0.05, 0) is 32.0 Å². The first-order valence-corrected chi connectivity index (χ1v) is 7.10. The Morgan fingerprint density at radius 1 is 1.29 bits per heavy atom. The molecule has 0 fully saturated rings. The molecule has 0 spiro atoms. The summed E-state index contributed by atoms with van der Waals surface area (Å²) >= 11 is 5.90. The van der Waals surface area contributed by atoms with Crippen molar-refractivity contribution in [2.75, 3.05) is 32.2 Å². The number of ether oxygens (including phenoxy) is 3. The van der Waals surface area contributed by atoms with Gasteiger partial charge in [-0.1, -0.05) is 11.6 Å². The van der Waals surface area contributed by atoms with Gasteiger partial charge in [-0.15, -0.1) is 0 Å². The van der Waals surface area contributed by atoms with E-state index in [1.165, 1.54) is 7.11 Å². The first kappa shape index (κ1) is 17.6. The second-order valence-electron chi connectivity index (χ2n) is 4.02. The molecule has 0 aliphatic rings. The molecule has 1 aromatic carbocycles. The summed E-state index contributed by atoms with van der Waals surface area (Å²) in [5, 5.41) is 5.85. The fourth-order valence-corrected chi connectivity index (χ4v) is 1.83. The van der Waals surface area contributed by atoms with Crippen molar-refractivity contribution >= 4 is 23.3 Å². The highest BCUT2D eigenvalue weighted by atomic mass is 35.5. The minimum Gasteiger partial charge on any atom is -0.495 e. The third kappa shape index (κ3) is 6.20. The summed E-state index contributed by atoms with van der Waals surface area (Å²) in [6, 6.07) is 4.59. The van der Waals surface area contributed by atoms with Crippen LogP contribution in [0.5, 0.6) is 5.75 Å². The second kappa shape index (κ2) is 9.44. The number of hydrogen-bond acceptors (Lipinski definition) is 4. The van der Waals surface area contributed by atoms with E-state index in [0.717, 1.165) is 0 Å². The molecule has 0 aromatic heterocycles. The zero-order valence-corrected chi connectivity index (χ0v) is 13.2. The number of carbonyl (C=O) groups is 1. The fourth-order valence-electron chi connectivity index (χ4n) is 1.66. The molecule has 1 aromatic rings. The maximum absolute atomic E-state index is 11.9. The van der Waals surface area contributed by atoms with Crippen LogP contribution in [0.25, 0.3) is 0 Å². The summed E-state index contributed by atoms with van der Waals surface area (Å²) in [6.07, 6.45) is -0.466. The molecule has 0 saturated carbocycles. The van der Waals surface area contributed by atoms with Crippen LogP contribution in [-0.2, 0) is 9.47 Å². The van der Waals surface area contributed by atoms with Gasteiger partial charge in [0.25, 0.3) is 0 Å². The number of methoxy groups -OCH3 is 1. The minimum absolute atomic E-state index is 0.246. The van der Waals surface area contributed by atoms with Crippen molar-refractivity contribution in [3.63, 3.8) is 0 Å². The molecule has 0 unspecified atom stereocenters. The number of hydrogen-bond donors (Lipinski definition) is 2. The van der Waals surface area contributed by atoms with E-state index >= 15 is 0 Å². The molecule has 7 heteroatoms. The number of rotatable bonds is 8. The predicted octanol–water partition coefficient (Wildman–Crippen LogP) is 2.87. The van der Waals surface area contributed by atoms with Crippen molar-refractivity contribution in [2.24, 2.45) is 0 Å². The zero-order valence-electron chi connectivity index (χ0n) is 12.4. The molecule has 2 N–H and O–H groups in total. The van der Waals surface area contributed by atoms with Gasteiger partial charge in [0.05, 0.1) is 19.3 Å². The molecule has 6 nitrogen and oxygen atoms in total. The molecule has 0 heterocycles. The van der Waals surface area contributed by atoms with Gasteiger partial charge < -0.3 is 24.8 Å². The summed E-state index contributed by atoms with van der Waals surface area (Å²) in [4.78, 5) is 11.9. The Hall–Kier alpha value is -1.50. The average Bonchev–Trinajstić information content (AvgIpc) is 2.45. The maximum Gasteiger partial charge on any atom is 0.319 e. The van der Waals surface area contributed by atoms with Gasteiger partial charge in [0.1, 0.15) is 5.75 Å². The lowest BCUT2D eigenvalue weighted by molar-refractivity contribution is -0.131. The molecule has 21 heavy (non-hydrogen) atoms. The minimum atomic E-state index is -0.466. The number of nitrogens with one attached hydrogen (secondary N) is 2. The van der Waals surface area contributed by atoms with E-state index in [1.807, 2.05) is 13.8 Å². The van der Waals surface area contributed by atoms with E-state index in [-0.39, 0.29) is 12.6 Å². The molecule has 1 rings (SSSR count). The lowest BCUT2D eigenvalue weighted by Gasteiger charge is -2.18. The molecule has 2 amide bonds. The summed E-state index contributed by atoms with van der Waals surface area (Å²) in [5.74, 6) is 0.528. The fraction of sp³-hybridized carbons (Fsp3) is 0.500. The Balaban J connectivity index is 2.55. The van der Waals surface area contributed by atoms with Crippen LogP contribution >= 0.6 is 11.6 Å². The lowest BCUT2D eigenvalue weighted by atomic mass is 10.3. The number of urea groups is 1. The van der Waals surface area contributed by atoms with E-state index in [4.69, 9.17) is 25.8 Å². The first-order chi connectivity index (χ1) is 10.1. The summed E-state index contributed by atoms with van der Waals surface area (Å²) in [6.45, 7) is 4.99. The third-order valence-corrected chi connectivity index (χ3v) is 2.78. The number of benzene rings is 1. The van der Waals surface area contributed by atoms with E-state index < -0.39 is 6.29 Å². The van der Waals surface area contributed by atoms with Crippen molar-refractivity contribution < 1.29 is 19.0 Å². The van der Waals surface area contributed by atoms with E-state index in [1.54, 1.807) is 18.2 Å². The molecular formula is C14H21ClN2O4. The highest BCUT2D eigenvalue weighted by Crippen LogP contribution is 2.27. The van der Waals surface area contributed by atoms with Gasteiger partial charge in [-0.3, -0.25) is 0 Å². The topological polar surface area (TPSA) is 68.8 Å². The van der Waals surface area contributed by atoms with Crippen LogP contribution in [0.2, 0.25) is 5.02 Å². The number of halogens is 1. The molecule has 0 radical (unpaired) electrons. The molecule has 0 saturated heterocycles. The summed E-state index contributed by atoms with van der Waals surface area (Å²) in [7, 11) is 1.52. The third-order valence-electron chi connectivity index (χ3n) is 2.54. The molecule has 0 aliphatic carbocycles. The Labute approximate surface area is 129 Å². The van der Waals surface area contributed by atoms with E-state index in [9.17, 15) is 4.79 Å². The van der Waals surface area contributed by atoms with Gasteiger partial charge in [0.2, 0.25) is 0 Å². The van der Waals surface area contributed by atoms with Crippen LogP contribution in [-0.4, -0.2) is 39.2 Å². The highest BCUT2D eigenvalue weighted by molar-refractivity contribution is 6.31. The molecule has 0 aliphatic heterocycles. The normalized spacial score (nSPS) is 10.5. The van der Waals surface area contributed by atoms with Crippen LogP contribution in [0.1, 0.15) is 13.8 Å². The van der Waals surface area contributed by atoms with E-state index in [2.05, 4.69) is 10.6 Å². The first-order valence-electron chi connectivity index (χ1n) is 6.72. The standard InChI is InChI=1S/C14H21ClN2O4/c1-4-20-13(21-5-2)9-16-14(18)17-11-8-10(15)6-7-12(11)19-3/h6-8,13H,4-5,9H2,1-3H3,(H2,16,17,18). The van der Waals surface area contributed by atoms with Crippen molar-refractivity contribution in [1.82, 2.24) is 5.32 Å². The second-order valence-corrected chi connectivity index (χ2v) is 4.46. The Bertz CT molecular complexity index is 451. The van der Waals surface area contributed by atoms with Crippen LogP contribution in [0, 0.1) is 0 Å². The van der Waals surface area contributed by atoms with Gasteiger partial charge in [-0.25, -0.2) is 4.79 Å². The number of amides is 2. The molecular weight excluding hydrogens is 296 g/mol. The van der Waals surface area contributed by atoms with Crippen molar-refractivity contribution in [2.45, 2.75) is 20.1 Å². The van der Waals surface area contributed by atoms with Gasteiger partial charge >= 0.3 is 6.03 Å². The van der Waals surface area contributed by atoms with Crippen molar-refractivity contribution in [3.05, 3.63) is 23.2 Å². The molecule has 0 atom stereocenters. The molecule has 118 valence electrons. The van der Waals surface area contributed by atoms with Crippen LogP contribution in [0.15, 0.2) is 18.2 Å². The Kier molecular flexibility index (Phi) is 7.89. The monoisotopic (exact) mass is 316 g/mol. The Morgan fingerprint density at radius 2 is 1.95 bits per heavy atom.